The van der Waals surface area contributed by atoms with Crippen LogP contribution in [-0.2, 0) is 0 Å². The fourth-order valence-electron chi connectivity index (χ4n) is 2.96. The van der Waals surface area contributed by atoms with Gasteiger partial charge in [-0.15, -0.1) is 0 Å². The smallest absolute Gasteiger partial charge is 0.259 e. The van der Waals surface area contributed by atoms with Crippen molar-refractivity contribution < 1.29 is 9.53 Å². The number of carbonyl (C=O) groups excluding carboxylic acids is 1. The van der Waals surface area contributed by atoms with Gasteiger partial charge >= 0.3 is 0 Å². The van der Waals surface area contributed by atoms with Crippen LogP contribution in [0.25, 0.3) is 16.9 Å². The minimum Gasteiger partial charge on any atom is -0.493 e. The van der Waals surface area contributed by atoms with E-state index < -0.39 is 0 Å². The maximum atomic E-state index is 12.7. The van der Waals surface area contributed by atoms with Crippen molar-refractivity contribution in [2.45, 2.75) is 6.92 Å². The number of hydrogen-bond acceptors (Lipinski definition) is 3. The zero-order valence-electron chi connectivity index (χ0n) is 14.9. The first kappa shape index (κ1) is 16.8. The van der Waals surface area contributed by atoms with Crippen LogP contribution in [0.15, 0.2) is 79.1 Å². The highest BCUT2D eigenvalue weighted by atomic mass is 16.5. The molecular weight excluding hydrogens is 338 g/mol. The molecular formula is C22H19N3O2. The zero-order valence-corrected chi connectivity index (χ0v) is 14.9. The molecule has 0 spiro atoms. The van der Waals surface area contributed by atoms with E-state index >= 15 is 0 Å². The predicted molar refractivity (Wildman–Crippen MR) is 106 cm³/mol. The van der Waals surface area contributed by atoms with Crippen molar-refractivity contribution in [1.29, 1.82) is 0 Å². The first-order chi connectivity index (χ1) is 13.2. The zero-order chi connectivity index (χ0) is 18.6. The van der Waals surface area contributed by atoms with Gasteiger partial charge < -0.3 is 14.5 Å². The fourth-order valence-corrected chi connectivity index (χ4v) is 2.96. The number of hydrogen-bond donors (Lipinski definition) is 1. The van der Waals surface area contributed by atoms with Gasteiger partial charge in [-0.25, -0.2) is 4.98 Å². The minimum absolute atomic E-state index is 0.203. The summed E-state index contributed by atoms with van der Waals surface area (Å²) in [7, 11) is 0. The number of fused-ring (bicyclic) bond motifs is 1. The summed E-state index contributed by atoms with van der Waals surface area (Å²) >= 11 is 0. The highest BCUT2D eigenvalue weighted by Gasteiger charge is 2.13. The summed E-state index contributed by atoms with van der Waals surface area (Å²) in [5, 5.41) is 2.95. The van der Waals surface area contributed by atoms with E-state index in [-0.39, 0.29) is 5.91 Å². The lowest BCUT2D eigenvalue weighted by atomic mass is 10.1. The van der Waals surface area contributed by atoms with Crippen LogP contribution in [0.2, 0.25) is 0 Å². The molecule has 2 aromatic carbocycles. The Morgan fingerprint density at radius 3 is 2.78 bits per heavy atom. The normalized spacial score (nSPS) is 10.7. The molecule has 4 aromatic rings. The van der Waals surface area contributed by atoms with Gasteiger partial charge in [0.2, 0.25) is 0 Å². The van der Waals surface area contributed by atoms with E-state index in [1.54, 1.807) is 12.1 Å². The van der Waals surface area contributed by atoms with E-state index in [0.29, 0.717) is 23.6 Å². The van der Waals surface area contributed by atoms with Crippen molar-refractivity contribution in [2.24, 2.45) is 0 Å². The average Bonchev–Trinajstić information content (AvgIpc) is 3.13. The number of pyridine rings is 1. The van der Waals surface area contributed by atoms with Gasteiger partial charge in [-0.2, -0.15) is 0 Å². The number of anilines is 1. The van der Waals surface area contributed by atoms with E-state index in [1.807, 2.05) is 78.3 Å². The molecule has 2 aromatic heterocycles. The number of benzene rings is 2. The lowest BCUT2D eigenvalue weighted by Gasteiger charge is -2.11. The third-order valence-electron chi connectivity index (χ3n) is 4.21. The van der Waals surface area contributed by atoms with Crippen LogP contribution in [0.3, 0.4) is 0 Å². The summed E-state index contributed by atoms with van der Waals surface area (Å²) in [4.78, 5) is 17.3. The van der Waals surface area contributed by atoms with Gasteiger partial charge in [0.05, 0.1) is 17.9 Å². The van der Waals surface area contributed by atoms with Gasteiger partial charge in [-0.1, -0.05) is 30.3 Å². The average molecular weight is 357 g/mol. The molecule has 5 heteroatoms. The van der Waals surface area contributed by atoms with Gasteiger partial charge in [0.15, 0.2) is 0 Å². The molecule has 134 valence electrons. The number of rotatable bonds is 5. The number of imidazole rings is 1. The van der Waals surface area contributed by atoms with Crippen molar-refractivity contribution in [3.05, 3.63) is 84.7 Å². The van der Waals surface area contributed by atoms with E-state index in [2.05, 4.69) is 10.3 Å². The Hall–Kier alpha value is -3.60. The Labute approximate surface area is 157 Å². The van der Waals surface area contributed by atoms with Gasteiger partial charge in [-0.05, 0) is 43.3 Å². The van der Waals surface area contributed by atoms with Gasteiger partial charge in [0.25, 0.3) is 5.91 Å². The topological polar surface area (TPSA) is 55.6 Å². The van der Waals surface area contributed by atoms with Crippen LogP contribution in [0, 0.1) is 0 Å². The first-order valence-electron chi connectivity index (χ1n) is 8.82. The highest BCUT2D eigenvalue weighted by molar-refractivity contribution is 6.06. The Kier molecular flexibility index (Phi) is 4.58. The molecule has 0 bridgehead atoms. The maximum absolute atomic E-state index is 12.7. The molecule has 0 atom stereocenters. The predicted octanol–water partition coefficient (Wildman–Crippen LogP) is 4.65. The molecule has 0 radical (unpaired) electrons. The van der Waals surface area contributed by atoms with E-state index in [9.17, 15) is 4.79 Å². The molecule has 0 saturated carbocycles. The molecule has 1 N–H and O–H groups in total. The van der Waals surface area contributed by atoms with Gasteiger partial charge in [0, 0.05) is 23.6 Å². The van der Waals surface area contributed by atoms with Crippen molar-refractivity contribution in [3.63, 3.8) is 0 Å². The number of carbonyl (C=O) groups is 1. The van der Waals surface area contributed by atoms with Crippen LogP contribution in [-0.4, -0.2) is 21.9 Å². The molecule has 0 saturated heterocycles. The number of aromatic nitrogens is 2. The summed E-state index contributed by atoms with van der Waals surface area (Å²) in [6, 6.07) is 20.8. The molecule has 5 nitrogen and oxygen atoms in total. The number of para-hydroxylation sites is 1. The van der Waals surface area contributed by atoms with Crippen molar-refractivity contribution in [1.82, 2.24) is 9.38 Å². The molecule has 27 heavy (non-hydrogen) atoms. The summed E-state index contributed by atoms with van der Waals surface area (Å²) in [6.45, 7) is 2.40. The maximum Gasteiger partial charge on any atom is 0.259 e. The van der Waals surface area contributed by atoms with Crippen LogP contribution >= 0.6 is 0 Å². The molecule has 0 aliphatic carbocycles. The largest absolute Gasteiger partial charge is 0.493 e. The Bertz CT molecular complexity index is 1070. The second-order valence-corrected chi connectivity index (χ2v) is 6.06. The molecule has 0 unspecified atom stereocenters. The molecule has 0 aliphatic rings. The summed E-state index contributed by atoms with van der Waals surface area (Å²) in [6.07, 6.45) is 3.93. The van der Waals surface area contributed by atoms with E-state index in [1.165, 1.54) is 0 Å². The fraction of sp³-hybridized carbons (Fsp3) is 0.0909. The summed E-state index contributed by atoms with van der Waals surface area (Å²) < 4.78 is 7.52. The number of amides is 1. The van der Waals surface area contributed by atoms with Crippen LogP contribution in [0.1, 0.15) is 17.3 Å². The van der Waals surface area contributed by atoms with Gasteiger partial charge in [0.1, 0.15) is 11.4 Å². The van der Waals surface area contributed by atoms with Crippen molar-refractivity contribution >= 4 is 17.2 Å². The number of nitrogens with one attached hydrogen (secondary N) is 1. The molecule has 1 amide bonds. The van der Waals surface area contributed by atoms with Crippen molar-refractivity contribution in [2.75, 3.05) is 11.9 Å². The Balaban J connectivity index is 1.60. The third-order valence-corrected chi connectivity index (χ3v) is 4.21. The second-order valence-electron chi connectivity index (χ2n) is 6.06. The highest BCUT2D eigenvalue weighted by Crippen LogP contribution is 2.24. The summed E-state index contributed by atoms with van der Waals surface area (Å²) in [5.41, 5.74) is 3.90. The summed E-state index contributed by atoms with van der Waals surface area (Å²) in [5.74, 6) is 0.375. The molecule has 0 aliphatic heterocycles. The molecule has 2 heterocycles. The standard InChI is InChI=1S/C22H19N3O2/c1-2-27-20-11-4-3-10-18(20)22(26)23-17-9-7-8-16(14-17)19-15-25-13-6-5-12-21(25)24-19/h3-15H,2H2,1H3,(H,23,26). The first-order valence-corrected chi connectivity index (χ1v) is 8.82. The van der Waals surface area contributed by atoms with Crippen molar-refractivity contribution in [3.8, 4) is 17.0 Å². The van der Waals surface area contributed by atoms with E-state index in [0.717, 1.165) is 16.9 Å². The van der Waals surface area contributed by atoms with E-state index in [4.69, 9.17) is 4.74 Å². The van der Waals surface area contributed by atoms with Crippen LogP contribution in [0.5, 0.6) is 5.75 Å². The number of nitrogens with zero attached hydrogens (tertiary/aromatic N) is 2. The second kappa shape index (κ2) is 7.33. The molecule has 0 fully saturated rings. The monoisotopic (exact) mass is 357 g/mol. The number of ether oxygens (including phenoxy) is 1. The SMILES string of the molecule is CCOc1ccccc1C(=O)Nc1cccc(-c2cn3ccccc3n2)c1. The third kappa shape index (κ3) is 3.53. The lowest BCUT2D eigenvalue weighted by molar-refractivity contribution is 0.102. The lowest BCUT2D eigenvalue weighted by Crippen LogP contribution is -2.13. The van der Waals surface area contributed by atoms with Gasteiger partial charge in [-0.3, -0.25) is 4.79 Å². The quantitative estimate of drug-likeness (QED) is 0.565. The van der Waals surface area contributed by atoms with Crippen LogP contribution < -0.4 is 10.1 Å². The molecule has 4 rings (SSSR count). The Morgan fingerprint density at radius 1 is 1.07 bits per heavy atom. The van der Waals surface area contributed by atoms with Crippen LogP contribution in [0.4, 0.5) is 5.69 Å². The minimum atomic E-state index is -0.203. The Morgan fingerprint density at radius 2 is 1.93 bits per heavy atom.